The van der Waals surface area contributed by atoms with E-state index in [0.29, 0.717) is 19.0 Å². The van der Waals surface area contributed by atoms with Crippen LogP contribution in [0.15, 0.2) is 46.9 Å². The molecule has 0 radical (unpaired) electrons. The topological polar surface area (TPSA) is 30.5 Å². The van der Waals surface area contributed by atoms with E-state index in [1.54, 1.807) is 6.07 Å². The quantitative estimate of drug-likeness (QED) is 0.768. The number of ether oxygens (including phenoxy) is 2. The van der Waals surface area contributed by atoms with Crippen LogP contribution in [0.1, 0.15) is 5.56 Å². The van der Waals surface area contributed by atoms with Gasteiger partial charge in [0, 0.05) is 18.2 Å². The first kappa shape index (κ1) is 15.8. The van der Waals surface area contributed by atoms with Crippen LogP contribution in [0.4, 0.5) is 4.39 Å². The van der Waals surface area contributed by atoms with Gasteiger partial charge in [0.25, 0.3) is 0 Å². The maximum atomic E-state index is 13.1. The van der Waals surface area contributed by atoms with Crippen LogP contribution in [0.5, 0.6) is 11.5 Å². The smallest absolute Gasteiger partial charge is 0.136 e. The Balaban J connectivity index is 1.86. The van der Waals surface area contributed by atoms with E-state index in [2.05, 4.69) is 21.2 Å². The van der Waals surface area contributed by atoms with Crippen molar-refractivity contribution < 1.29 is 13.9 Å². The fraction of sp³-hybridized carbons (Fsp3) is 0.250. The van der Waals surface area contributed by atoms with Crippen molar-refractivity contribution in [1.29, 1.82) is 0 Å². The van der Waals surface area contributed by atoms with Gasteiger partial charge in [0.05, 0.1) is 4.47 Å². The summed E-state index contributed by atoms with van der Waals surface area (Å²) in [7, 11) is 1.89. The highest BCUT2D eigenvalue weighted by atomic mass is 79.9. The third-order valence-electron chi connectivity index (χ3n) is 2.83. The second-order valence-corrected chi connectivity index (χ2v) is 5.26. The minimum absolute atomic E-state index is 0.325. The molecule has 0 fully saturated rings. The number of rotatable bonds is 7. The zero-order valence-electron chi connectivity index (χ0n) is 11.7. The molecule has 0 saturated carbocycles. The van der Waals surface area contributed by atoms with Gasteiger partial charge in [0.2, 0.25) is 0 Å². The van der Waals surface area contributed by atoms with E-state index in [1.165, 1.54) is 12.1 Å². The first-order valence-electron chi connectivity index (χ1n) is 6.64. The van der Waals surface area contributed by atoms with E-state index >= 15 is 0 Å². The second-order valence-electron chi connectivity index (χ2n) is 4.41. The van der Waals surface area contributed by atoms with Crippen LogP contribution in [-0.4, -0.2) is 20.3 Å². The summed E-state index contributed by atoms with van der Waals surface area (Å²) < 4.78 is 25.1. The van der Waals surface area contributed by atoms with Gasteiger partial charge >= 0.3 is 0 Å². The Labute approximate surface area is 132 Å². The molecule has 2 aromatic carbocycles. The molecule has 1 N–H and O–H groups in total. The highest BCUT2D eigenvalue weighted by molar-refractivity contribution is 9.10. The van der Waals surface area contributed by atoms with E-state index in [9.17, 15) is 4.39 Å². The molecule has 3 nitrogen and oxygen atoms in total. The molecule has 0 atom stereocenters. The lowest BCUT2D eigenvalue weighted by Gasteiger charge is -2.12. The molecule has 0 amide bonds. The monoisotopic (exact) mass is 353 g/mol. The molecule has 0 saturated heterocycles. The fourth-order valence-electron chi connectivity index (χ4n) is 1.87. The maximum Gasteiger partial charge on any atom is 0.136 e. The van der Waals surface area contributed by atoms with Gasteiger partial charge in [-0.05, 0) is 41.2 Å². The molecule has 112 valence electrons. The summed E-state index contributed by atoms with van der Waals surface area (Å²) in [5, 5.41) is 3.10. The van der Waals surface area contributed by atoms with Crippen molar-refractivity contribution in [2.45, 2.75) is 6.54 Å². The highest BCUT2D eigenvalue weighted by Crippen LogP contribution is 2.25. The predicted molar refractivity (Wildman–Crippen MR) is 84.3 cm³/mol. The molecule has 0 aliphatic heterocycles. The van der Waals surface area contributed by atoms with Gasteiger partial charge in [-0.1, -0.05) is 18.2 Å². The first-order valence-corrected chi connectivity index (χ1v) is 7.43. The molecule has 0 unspecified atom stereocenters. The van der Waals surface area contributed by atoms with E-state index in [-0.39, 0.29) is 5.82 Å². The van der Waals surface area contributed by atoms with Gasteiger partial charge in [0.1, 0.15) is 30.5 Å². The number of hydrogen-bond donors (Lipinski definition) is 1. The molecule has 0 bridgehead atoms. The molecule has 0 heterocycles. The molecule has 0 spiro atoms. The van der Waals surface area contributed by atoms with Crippen molar-refractivity contribution in [1.82, 2.24) is 5.32 Å². The Kier molecular flexibility index (Phi) is 6.02. The number of para-hydroxylation sites is 1. The molecule has 5 heteroatoms. The van der Waals surface area contributed by atoms with E-state index in [1.807, 2.05) is 31.3 Å². The van der Waals surface area contributed by atoms with Gasteiger partial charge in [-0.25, -0.2) is 4.39 Å². The normalized spacial score (nSPS) is 10.4. The number of nitrogens with one attached hydrogen (secondary N) is 1. The Morgan fingerprint density at radius 3 is 2.52 bits per heavy atom. The largest absolute Gasteiger partial charge is 0.490 e. The summed E-state index contributed by atoms with van der Waals surface area (Å²) in [6.07, 6.45) is 0. The van der Waals surface area contributed by atoms with Crippen LogP contribution in [-0.2, 0) is 6.54 Å². The Morgan fingerprint density at radius 2 is 1.76 bits per heavy atom. The maximum absolute atomic E-state index is 13.1. The molecular formula is C16H17BrFNO2. The molecule has 0 aliphatic rings. The lowest BCUT2D eigenvalue weighted by Crippen LogP contribution is -2.12. The molecule has 2 aromatic rings. The zero-order chi connectivity index (χ0) is 15.1. The average molecular weight is 354 g/mol. The van der Waals surface area contributed by atoms with E-state index < -0.39 is 0 Å². The summed E-state index contributed by atoms with van der Waals surface area (Å²) >= 11 is 3.32. The Hall–Kier alpha value is -1.59. The third-order valence-corrected chi connectivity index (χ3v) is 3.49. The number of hydrogen-bond acceptors (Lipinski definition) is 3. The molecule has 0 aliphatic carbocycles. The first-order chi connectivity index (χ1) is 10.2. The molecule has 0 aromatic heterocycles. The van der Waals surface area contributed by atoms with Crippen LogP contribution in [0.2, 0.25) is 0 Å². The van der Waals surface area contributed by atoms with Gasteiger partial charge in [-0.3, -0.25) is 0 Å². The van der Waals surface area contributed by atoms with E-state index in [0.717, 1.165) is 22.3 Å². The Bertz CT molecular complexity index is 592. The van der Waals surface area contributed by atoms with Crippen molar-refractivity contribution in [3.05, 3.63) is 58.3 Å². The van der Waals surface area contributed by atoms with Crippen molar-refractivity contribution >= 4 is 15.9 Å². The second kappa shape index (κ2) is 8.00. The average Bonchev–Trinajstić information content (AvgIpc) is 2.49. The number of benzene rings is 2. The van der Waals surface area contributed by atoms with Gasteiger partial charge in [0.15, 0.2) is 0 Å². The van der Waals surface area contributed by atoms with Crippen molar-refractivity contribution in [2.24, 2.45) is 0 Å². The van der Waals surface area contributed by atoms with Gasteiger partial charge in [-0.2, -0.15) is 0 Å². The van der Waals surface area contributed by atoms with Crippen LogP contribution in [0, 0.1) is 5.82 Å². The van der Waals surface area contributed by atoms with Gasteiger partial charge in [-0.15, -0.1) is 0 Å². The predicted octanol–water partition coefficient (Wildman–Crippen LogP) is 3.77. The van der Waals surface area contributed by atoms with Crippen molar-refractivity contribution in [3.8, 4) is 11.5 Å². The lowest BCUT2D eigenvalue weighted by molar-refractivity contribution is 0.214. The zero-order valence-corrected chi connectivity index (χ0v) is 13.3. The minimum Gasteiger partial charge on any atom is -0.490 e. The summed E-state index contributed by atoms with van der Waals surface area (Å²) in [4.78, 5) is 0. The molecule has 2 rings (SSSR count). The van der Waals surface area contributed by atoms with Crippen LogP contribution >= 0.6 is 15.9 Å². The highest BCUT2D eigenvalue weighted by Gasteiger charge is 2.04. The summed E-state index contributed by atoms with van der Waals surface area (Å²) in [6, 6.07) is 12.2. The van der Waals surface area contributed by atoms with Gasteiger partial charge < -0.3 is 14.8 Å². The van der Waals surface area contributed by atoms with Crippen LogP contribution in [0.25, 0.3) is 0 Å². The van der Waals surface area contributed by atoms with E-state index in [4.69, 9.17) is 9.47 Å². The third kappa shape index (κ3) is 4.72. The summed E-state index contributed by atoms with van der Waals surface area (Å²) in [5.41, 5.74) is 1.09. The SMILES string of the molecule is CNCc1ccccc1OCCOc1cc(F)ccc1Br. The van der Waals surface area contributed by atoms with Crippen LogP contribution < -0.4 is 14.8 Å². The minimum atomic E-state index is -0.325. The Morgan fingerprint density at radius 1 is 1.05 bits per heavy atom. The fourth-order valence-corrected chi connectivity index (χ4v) is 2.23. The van der Waals surface area contributed by atoms with Crippen LogP contribution in [0.3, 0.4) is 0 Å². The lowest BCUT2D eigenvalue weighted by atomic mass is 10.2. The number of halogens is 2. The van der Waals surface area contributed by atoms with Crippen molar-refractivity contribution in [3.63, 3.8) is 0 Å². The molecular weight excluding hydrogens is 337 g/mol. The summed E-state index contributed by atoms with van der Waals surface area (Å²) in [5.74, 6) is 0.976. The molecule has 21 heavy (non-hydrogen) atoms. The van der Waals surface area contributed by atoms with Crippen molar-refractivity contribution in [2.75, 3.05) is 20.3 Å². The summed E-state index contributed by atoms with van der Waals surface area (Å²) in [6.45, 7) is 1.48. The standard InChI is InChI=1S/C16H17BrFNO2/c1-19-11-12-4-2-3-5-15(12)20-8-9-21-16-10-13(18)6-7-14(16)17/h2-7,10,19H,8-9,11H2,1H3.